The van der Waals surface area contributed by atoms with E-state index in [9.17, 15) is 4.79 Å². The molecular weight excluding hydrogens is 180 g/mol. The summed E-state index contributed by atoms with van der Waals surface area (Å²) in [5, 5.41) is 3.26. The third-order valence-corrected chi connectivity index (χ3v) is 0.278. The van der Waals surface area contributed by atoms with Gasteiger partial charge in [-0.25, -0.2) is 0 Å². The van der Waals surface area contributed by atoms with E-state index < -0.39 is 0 Å². The van der Waals surface area contributed by atoms with Gasteiger partial charge in [-0.15, -0.1) is 6.41 Å². The van der Waals surface area contributed by atoms with Gasteiger partial charge in [-0.2, -0.15) is 5.10 Å². The smallest absolute Gasteiger partial charge is 0.518 e. The van der Waals surface area contributed by atoms with Crippen LogP contribution in [0.3, 0.4) is 0 Å². The predicted octanol–water partition coefficient (Wildman–Crippen LogP) is -4.06. The fourth-order valence-corrected chi connectivity index (χ4v) is 0.111. The molecule has 40 valence electrons. The Morgan fingerprint density at radius 3 is 2.50 bits per heavy atom. The molecule has 0 aromatic rings. The van der Waals surface area contributed by atoms with Gasteiger partial charge >= 0.3 is 58.2 Å². The monoisotopic (exact) mass is 185 g/mol. The Labute approximate surface area is 96.7 Å². The summed E-state index contributed by atoms with van der Waals surface area (Å²) >= 11 is 0. The molecule has 0 rings (SSSR count). The normalized spacial score (nSPS) is 9.38. The van der Waals surface area contributed by atoms with E-state index in [-0.39, 0.29) is 58.2 Å². The minimum Gasteiger partial charge on any atom is -0.518 e. The Kier molecular flexibility index (Phi) is 11.2. The molecule has 1 amide bonds. The summed E-state index contributed by atoms with van der Waals surface area (Å²) in [6, 6.07) is 0. The minimum atomic E-state index is 0. The summed E-state index contributed by atoms with van der Waals surface area (Å²) in [4.78, 5) is 9.31. The zero-order valence-electron chi connectivity index (χ0n) is 4.93. The van der Waals surface area contributed by atoms with Crippen LogP contribution < -0.4 is 69.3 Å². The molecule has 0 heterocycles. The molecule has 5 heteroatoms. The number of hydrogen-bond donors (Lipinski definition) is 2. The van der Waals surface area contributed by atoms with Crippen LogP contribution in [0.15, 0.2) is 5.10 Å². The van der Waals surface area contributed by atoms with Crippen molar-refractivity contribution in [1.82, 2.24) is 5.43 Å². The Balaban J connectivity index is 0. The van der Waals surface area contributed by atoms with Gasteiger partial charge in [-0.1, -0.05) is 0 Å². The van der Waals surface area contributed by atoms with Crippen molar-refractivity contribution >= 4 is 12.2 Å². The third kappa shape index (κ3) is 9.89. The van der Waals surface area contributed by atoms with E-state index in [1.807, 2.05) is 5.43 Å². The van der Waals surface area contributed by atoms with Crippen LogP contribution >= 0.6 is 0 Å². The van der Waals surface area contributed by atoms with E-state index in [0.717, 1.165) is 0 Å². The number of amides is 1. The van der Waals surface area contributed by atoms with Gasteiger partial charge < -0.3 is 16.0 Å². The number of nitrogens with zero attached hydrogens (tertiary/aromatic N) is 1. The second-order valence-corrected chi connectivity index (χ2v) is 0.967. The van der Waals surface area contributed by atoms with Gasteiger partial charge in [0.1, 0.15) is 5.84 Å². The van der Waals surface area contributed by atoms with Crippen molar-refractivity contribution in [2.45, 2.75) is 6.92 Å². The fraction of sp³-hybridized carbons (Fsp3) is 0.333. The maximum atomic E-state index is 9.31. The number of hydrogen-bond acceptors (Lipinski definition) is 2. The number of carbonyl (C=O) groups excluding carboxylic acids is 1. The summed E-state index contributed by atoms with van der Waals surface area (Å²) < 4.78 is 0. The van der Waals surface area contributed by atoms with Crippen LogP contribution in [0.5, 0.6) is 0 Å². The van der Waals surface area contributed by atoms with Gasteiger partial charge in [0.05, 0.1) is 0 Å². The molecule has 0 saturated heterocycles. The van der Waals surface area contributed by atoms with Crippen molar-refractivity contribution in [3.05, 3.63) is 0 Å². The number of rotatable bonds is 2. The number of nitrogens with one attached hydrogen (secondary N) is 1. The molecule has 0 unspecified atom stereocenters. The summed E-state index contributed by atoms with van der Waals surface area (Å²) in [6.07, 6.45) is 1.33. The second kappa shape index (κ2) is 7.75. The van der Waals surface area contributed by atoms with Gasteiger partial charge in [0.25, 0.3) is 0 Å². The van der Waals surface area contributed by atoms with Crippen LogP contribution in [0.4, 0.5) is 0 Å². The molecular formula is C3H6N3ORb. The Morgan fingerprint density at radius 2 is 2.38 bits per heavy atom. The standard InChI is InChI=1S/C3H6N3O.Rb/c1-3(4)6-5-2-7;/h1H3,(H2,4,6)(H,5,7);/q-1;+1. The first kappa shape index (κ1) is 11.5. The van der Waals surface area contributed by atoms with Crippen LogP contribution in [0.2, 0.25) is 0 Å². The molecule has 0 fully saturated rings. The van der Waals surface area contributed by atoms with Crippen molar-refractivity contribution in [3.63, 3.8) is 0 Å². The summed E-state index contributed by atoms with van der Waals surface area (Å²) in [7, 11) is 0. The van der Waals surface area contributed by atoms with E-state index in [0.29, 0.717) is 5.84 Å². The number of hydrazone groups is 1. The van der Waals surface area contributed by atoms with Gasteiger partial charge in [-0.05, 0) is 6.92 Å². The van der Waals surface area contributed by atoms with E-state index in [1.54, 1.807) is 6.92 Å². The van der Waals surface area contributed by atoms with Gasteiger partial charge in [0, 0.05) is 0 Å². The molecule has 0 spiro atoms. The second-order valence-electron chi connectivity index (χ2n) is 0.967. The molecule has 0 aliphatic rings. The van der Waals surface area contributed by atoms with Crippen molar-refractivity contribution in [2.75, 3.05) is 0 Å². The summed E-state index contributed by atoms with van der Waals surface area (Å²) in [5.74, 6) is 0.309. The van der Waals surface area contributed by atoms with Crippen LogP contribution in [-0.4, -0.2) is 12.2 Å². The van der Waals surface area contributed by atoms with Crippen LogP contribution in [-0.2, 0) is 4.79 Å². The Hall–Kier alpha value is 0.745. The molecule has 0 bridgehead atoms. The van der Waals surface area contributed by atoms with Crippen molar-refractivity contribution in [3.8, 4) is 0 Å². The molecule has 0 aromatic carbocycles. The zero-order valence-corrected chi connectivity index (χ0v) is 9.85. The molecule has 3 N–H and O–H groups in total. The molecule has 0 aliphatic carbocycles. The SMILES string of the molecule is C/C(N)=N/N[C-]=O.[Rb+]. The van der Waals surface area contributed by atoms with Crippen molar-refractivity contribution in [1.29, 1.82) is 0 Å². The largest absolute Gasteiger partial charge is 1.00 e. The fourth-order valence-electron chi connectivity index (χ4n) is 0.111. The average Bonchev–Trinajstić information content (AvgIpc) is 1.61. The average molecular weight is 186 g/mol. The molecule has 0 atom stereocenters. The van der Waals surface area contributed by atoms with Crippen molar-refractivity contribution in [2.24, 2.45) is 10.8 Å². The van der Waals surface area contributed by atoms with E-state index >= 15 is 0 Å². The first-order valence-corrected chi connectivity index (χ1v) is 1.69. The first-order valence-electron chi connectivity index (χ1n) is 1.69. The molecule has 0 aromatic heterocycles. The summed E-state index contributed by atoms with van der Waals surface area (Å²) in [5.41, 5.74) is 6.89. The molecule has 0 radical (unpaired) electrons. The number of nitrogens with two attached hydrogens (primary N) is 1. The molecule has 8 heavy (non-hydrogen) atoms. The van der Waals surface area contributed by atoms with E-state index in [1.165, 1.54) is 6.41 Å². The van der Waals surface area contributed by atoms with Crippen LogP contribution in [0.1, 0.15) is 6.92 Å². The predicted molar refractivity (Wildman–Crippen MR) is 26.1 cm³/mol. The Bertz CT molecular complexity index is 88.5. The molecule has 4 nitrogen and oxygen atoms in total. The quantitative estimate of drug-likeness (QED) is 0.151. The topological polar surface area (TPSA) is 67.5 Å². The minimum absolute atomic E-state index is 0. The summed E-state index contributed by atoms with van der Waals surface area (Å²) in [6.45, 7) is 1.56. The Morgan fingerprint density at radius 1 is 1.88 bits per heavy atom. The van der Waals surface area contributed by atoms with Gasteiger partial charge in [-0.3, -0.25) is 0 Å². The van der Waals surface area contributed by atoms with Crippen LogP contribution in [0, 0.1) is 0 Å². The zero-order chi connectivity index (χ0) is 5.70. The number of amidine groups is 1. The van der Waals surface area contributed by atoms with Gasteiger partial charge in [0.15, 0.2) is 0 Å². The van der Waals surface area contributed by atoms with Crippen LogP contribution in [0.25, 0.3) is 0 Å². The molecule has 0 saturated carbocycles. The van der Waals surface area contributed by atoms with E-state index in [4.69, 9.17) is 5.73 Å². The maximum absolute atomic E-state index is 9.31. The maximum Gasteiger partial charge on any atom is 1.00 e. The van der Waals surface area contributed by atoms with Crippen molar-refractivity contribution < 1.29 is 63.0 Å². The van der Waals surface area contributed by atoms with E-state index in [2.05, 4.69) is 5.10 Å². The van der Waals surface area contributed by atoms with Gasteiger partial charge in [0.2, 0.25) is 0 Å². The third-order valence-electron chi connectivity index (χ3n) is 0.278. The first-order chi connectivity index (χ1) is 3.27. The molecule has 0 aliphatic heterocycles.